The Balaban J connectivity index is 1.55. The van der Waals surface area contributed by atoms with E-state index >= 15 is 0 Å². The first-order chi connectivity index (χ1) is 11.5. The van der Waals surface area contributed by atoms with Crippen LogP contribution in [0.4, 0.5) is 4.79 Å². The number of imide groups is 1. The third kappa shape index (κ3) is 3.41. The molecule has 2 aliphatic carbocycles. The van der Waals surface area contributed by atoms with Gasteiger partial charge in [0.05, 0.1) is 6.54 Å². The summed E-state index contributed by atoms with van der Waals surface area (Å²) in [6.07, 6.45) is 10.1. The molecular weight excluding hydrogens is 308 g/mol. The first-order valence-corrected chi connectivity index (χ1v) is 9.18. The van der Waals surface area contributed by atoms with Crippen LogP contribution in [0.3, 0.4) is 0 Å². The molecule has 4 amide bonds. The van der Waals surface area contributed by atoms with Gasteiger partial charge in [-0.15, -0.1) is 0 Å². The van der Waals surface area contributed by atoms with Crippen molar-refractivity contribution in [3.8, 4) is 0 Å². The number of nitrogens with zero attached hydrogens (tertiary/aromatic N) is 2. The molecule has 1 spiro atoms. The third-order valence-electron chi connectivity index (χ3n) is 5.70. The van der Waals surface area contributed by atoms with E-state index in [1.165, 1.54) is 19.3 Å². The summed E-state index contributed by atoms with van der Waals surface area (Å²) in [7, 11) is 1.93. The predicted octanol–water partition coefficient (Wildman–Crippen LogP) is 1.54. The molecule has 1 aliphatic heterocycles. The van der Waals surface area contributed by atoms with Gasteiger partial charge in [-0.1, -0.05) is 38.5 Å². The Morgan fingerprint density at radius 1 is 1.17 bits per heavy atom. The summed E-state index contributed by atoms with van der Waals surface area (Å²) in [4.78, 5) is 39.1. The molecule has 1 saturated heterocycles. The number of carbonyl (C=O) groups is 3. The van der Waals surface area contributed by atoms with Crippen LogP contribution in [0.15, 0.2) is 0 Å². The van der Waals surface area contributed by atoms with Crippen LogP contribution < -0.4 is 10.7 Å². The summed E-state index contributed by atoms with van der Waals surface area (Å²) in [6.45, 7) is 0.203. The minimum atomic E-state index is -0.794. The van der Waals surface area contributed by atoms with Gasteiger partial charge in [-0.25, -0.2) is 4.79 Å². The Labute approximate surface area is 143 Å². The van der Waals surface area contributed by atoms with E-state index in [4.69, 9.17) is 0 Å². The van der Waals surface area contributed by atoms with Crippen LogP contribution in [-0.2, 0) is 9.59 Å². The standard InChI is InChI=1S/C17H28N4O3/c1-20(13-8-4-2-5-9-13)12-14(22)19-21-15(23)17(18-16(21)24)10-6-3-7-11-17/h13H,2-12H2,1H3,(H,18,24)(H,19,22). The minimum absolute atomic E-state index is 0.203. The van der Waals surface area contributed by atoms with Gasteiger partial charge in [0.2, 0.25) is 0 Å². The van der Waals surface area contributed by atoms with Crippen LogP contribution in [0.25, 0.3) is 0 Å². The maximum atomic E-state index is 12.6. The van der Waals surface area contributed by atoms with Crippen molar-refractivity contribution in [3.05, 3.63) is 0 Å². The number of hydrazine groups is 1. The van der Waals surface area contributed by atoms with E-state index in [0.29, 0.717) is 18.9 Å². The Morgan fingerprint density at radius 2 is 1.79 bits per heavy atom. The molecule has 0 bridgehead atoms. The molecule has 1 heterocycles. The molecule has 0 unspecified atom stereocenters. The fourth-order valence-electron chi connectivity index (χ4n) is 4.25. The van der Waals surface area contributed by atoms with Crippen molar-refractivity contribution in [3.63, 3.8) is 0 Å². The van der Waals surface area contributed by atoms with Crippen molar-refractivity contribution in [2.45, 2.75) is 75.8 Å². The first-order valence-electron chi connectivity index (χ1n) is 9.18. The number of hydrogen-bond donors (Lipinski definition) is 2. The van der Waals surface area contributed by atoms with E-state index < -0.39 is 11.6 Å². The van der Waals surface area contributed by atoms with E-state index in [2.05, 4.69) is 10.7 Å². The van der Waals surface area contributed by atoms with Crippen LogP contribution in [0, 0.1) is 0 Å². The van der Waals surface area contributed by atoms with Gasteiger partial charge in [0.1, 0.15) is 5.54 Å². The minimum Gasteiger partial charge on any atom is -0.322 e. The van der Waals surface area contributed by atoms with Gasteiger partial charge in [0.25, 0.3) is 11.8 Å². The van der Waals surface area contributed by atoms with Crippen molar-refractivity contribution in [2.75, 3.05) is 13.6 Å². The molecule has 3 rings (SSSR count). The molecule has 134 valence electrons. The Bertz CT molecular complexity index is 510. The monoisotopic (exact) mass is 336 g/mol. The molecule has 0 radical (unpaired) electrons. The lowest BCUT2D eigenvalue weighted by Gasteiger charge is -2.31. The highest BCUT2D eigenvalue weighted by atomic mass is 16.2. The summed E-state index contributed by atoms with van der Waals surface area (Å²) in [5.74, 6) is -0.611. The molecule has 0 aromatic carbocycles. The molecule has 7 nitrogen and oxygen atoms in total. The molecule has 2 N–H and O–H groups in total. The fourth-order valence-corrected chi connectivity index (χ4v) is 4.25. The predicted molar refractivity (Wildman–Crippen MR) is 88.8 cm³/mol. The Kier molecular flexibility index (Phi) is 5.08. The van der Waals surface area contributed by atoms with Crippen molar-refractivity contribution in [1.82, 2.24) is 20.7 Å². The second-order valence-electron chi connectivity index (χ2n) is 7.46. The average molecular weight is 336 g/mol. The number of urea groups is 1. The maximum Gasteiger partial charge on any atom is 0.344 e. The third-order valence-corrected chi connectivity index (χ3v) is 5.70. The van der Waals surface area contributed by atoms with Gasteiger partial charge < -0.3 is 5.32 Å². The summed E-state index contributed by atoms with van der Waals surface area (Å²) in [5.41, 5.74) is 1.72. The molecule has 0 aromatic rings. The van der Waals surface area contributed by atoms with E-state index in [1.807, 2.05) is 11.9 Å². The number of carbonyl (C=O) groups excluding carboxylic acids is 3. The van der Waals surface area contributed by atoms with E-state index in [0.717, 1.165) is 37.1 Å². The number of amides is 4. The number of likely N-dealkylation sites (N-methyl/N-ethyl adjacent to an activating group) is 1. The van der Waals surface area contributed by atoms with Crippen molar-refractivity contribution in [1.29, 1.82) is 0 Å². The van der Waals surface area contributed by atoms with Gasteiger partial charge in [-0.2, -0.15) is 5.01 Å². The molecule has 24 heavy (non-hydrogen) atoms. The maximum absolute atomic E-state index is 12.6. The lowest BCUT2D eigenvalue weighted by molar-refractivity contribution is -0.140. The topological polar surface area (TPSA) is 81.8 Å². The summed E-state index contributed by atoms with van der Waals surface area (Å²) in [6, 6.07) is -0.0899. The molecular formula is C17H28N4O3. The fraction of sp³-hybridized carbons (Fsp3) is 0.824. The zero-order chi connectivity index (χ0) is 17.2. The largest absolute Gasteiger partial charge is 0.344 e. The van der Waals surface area contributed by atoms with Crippen LogP contribution >= 0.6 is 0 Å². The highest BCUT2D eigenvalue weighted by Crippen LogP contribution is 2.33. The highest BCUT2D eigenvalue weighted by molar-refractivity contribution is 6.08. The van der Waals surface area contributed by atoms with Crippen LogP contribution in [0.1, 0.15) is 64.2 Å². The van der Waals surface area contributed by atoms with Crippen molar-refractivity contribution < 1.29 is 14.4 Å². The Hall–Kier alpha value is -1.63. The van der Waals surface area contributed by atoms with E-state index in [1.54, 1.807) is 0 Å². The molecule has 2 saturated carbocycles. The van der Waals surface area contributed by atoms with Gasteiger partial charge in [0, 0.05) is 6.04 Å². The molecule has 7 heteroatoms. The lowest BCUT2D eigenvalue weighted by atomic mass is 9.82. The van der Waals surface area contributed by atoms with Crippen LogP contribution in [-0.4, -0.2) is 52.9 Å². The zero-order valence-corrected chi connectivity index (χ0v) is 14.5. The smallest absolute Gasteiger partial charge is 0.322 e. The number of nitrogens with one attached hydrogen (secondary N) is 2. The first kappa shape index (κ1) is 17.2. The van der Waals surface area contributed by atoms with Crippen LogP contribution in [0.5, 0.6) is 0 Å². The highest BCUT2D eigenvalue weighted by Gasteiger charge is 2.52. The van der Waals surface area contributed by atoms with Gasteiger partial charge >= 0.3 is 6.03 Å². The molecule has 0 atom stereocenters. The number of hydrogen-bond acceptors (Lipinski definition) is 4. The zero-order valence-electron chi connectivity index (χ0n) is 14.5. The molecule has 0 aromatic heterocycles. The second kappa shape index (κ2) is 7.09. The van der Waals surface area contributed by atoms with Gasteiger partial charge in [-0.05, 0) is 32.7 Å². The summed E-state index contributed by atoms with van der Waals surface area (Å²) in [5, 5.41) is 3.69. The quantitative estimate of drug-likeness (QED) is 0.763. The van der Waals surface area contributed by atoms with Crippen molar-refractivity contribution >= 4 is 17.8 Å². The number of rotatable bonds is 4. The lowest BCUT2D eigenvalue weighted by Crippen LogP contribution is -2.52. The summed E-state index contributed by atoms with van der Waals surface area (Å²) < 4.78 is 0. The SMILES string of the molecule is CN(CC(=O)NN1C(=O)NC2(CCCCC2)C1=O)C1CCCCC1. The van der Waals surface area contributed by atoms with Gasteiger partial charge in [0.15, 0.2) is 0 Å². The molecule has 3 aliphatic rings. The average Bonchev–Trinajstić information content (AvgIpc) is 2.80. The van der Waals surface area contributed by atoms with Crippen molar-refractivity contribution in [2.24, 2.45) is 0 Å². The Morgan fingerprint density at radius 3 is 2.46 bits per heavy atom. The van der Waals surface area contributed by atoms with E-state index in [9.17, 15) is 14.4 Å². The summed E-state index contributed by atoms with van der Waals surface area (Å²) >= 11 is 0. The van der Waals surface area contributed by atoms with E-state index in [-0.39, 0.29) is 18.4 Å². The second-order valence-corrected chi connectivity index (χ2v) is 7.46. The van der Waals surface area contributed by atoms with Gasteiger partial charge in [-0.3, -0.25) is 19.9 Å². The normalized spacial score (nSPS) is 24.5. The molecule has 3 fully saturated rings. The van der Waals surface area contributed by atoms with Crippen LogP contribution in [0.2, 0.25) is 0 Å².